The Balaban J connectivity index is 2.26. The molecule has 0 fully saturated rings. The summed E-state index contributed by atoms with van der Waals surface area (Å²) in [7, 11) is 0. The number of carbonyl (C=O) groups is 2. The second-order valence-corrected chi connectivity index (χ2v) is 8.09. The molecule has 0 bridgehead atoms. The van der Waals surface area contributed by atoms with E-state index < -0.39 is 6.04 Å². The van der Waals surface area contributed by atoms with E-state index in [0.717, 1.165) is 22.3 Å². The lowest BCUT2D eigenvalue weighted by Gasteiger charge is -2.31. The molecule has 5 heteroatoms. The van der Waals surface area contributed by atoms with Crippen LogP contribution in [0.25, 0.3) is 0 Å². The third kappa shape index (κ3) is 6.34. The van der Waals surface area contributed by atoms with Crippen LogP contribution in [0, 0.1) is 20.8 Å². The highest BCUT2D eigenvalue weighted by molar-refractivity contribution is 5.88. The summed E-state index contributed by atoms with van der Waals surface area (Å²) >= 11 is 0. The van der Waals surface area contributed by atoms with Gasteiger partial charge in [-0.15, -0.1) is 0 Å². The summed E-state index contributed by atoms with van der Waals surface area (Å²) in [4.78, 5) is 27.7. The maximum absolute atomic E-state index is 13.2. The molecule has 30 heavy (non-hydrogen) atoms. The van der Waals surface area contributed by atoms with Crippen LogP contribution in [-0.2, 0) is 16.1 Å². The van der Waals surface area contributed by atoms with Gasteiger partial charge in [0.1, 0.15) is 11.8 Å². The highest BCUT2D eigenvalue weighted by Crippen LogP contribution is 2.20. The number of nitrogens with one attached hydrogen (secondary N) is 1. The molecule has 0 saturated carbocycles. The third-order valence-corrected chi connectivity index (χ3v) is 5.11. The van der Waals surface area contributed by atoms with Crippen LogP contribution in [0.3, 0.4) is 0 Å². The normalized spacial score (nSPS) is 11.8. The number of hydrogen-bond acceptors (Lipinski definition) is 3. The number of hydrogen-bond donors (Lipinski definition) is 1. The predicted octanol–water partition coefficient (Wildman–Crippen LogP) is 4.32. The van der Waals surface area contributed by atoms with Gasteiger partial charge in [-0.3, -0.25) is 9.59 Å². The van der Waals surface area contributed by atoms with Gasteiger partial charge in [0.15, 0.2) is 6.61 Å². The Morgan fingerprint density at radius 1 is 1.03 bits per heavy atom. The van der Waals surface area contributed by atoms with Gasteiger partial charge in [-0.2, -0.15) is 0 Å². The summed E-state index contributed by atoms with van der Waals surface area (Å²) in [5.74, 6) is 0.352. The molecule has 2 amide bonds. The Labute approximate surface area is 180 Å². The molecule has 162 valence electrons. The summed E-state index contributed by atoms with van der Waals surface area (Å²) in [5, 5.41) is 2.95. The van der Waals surface area contributed by atoms with Crippen molar-refractivity contribution in [1.29, 1.82) is 0 Å². The first-order chi connectivity index (χ1) is 14.2. The zero-order chi connectivity index (χ0) is 22.3. The Kier molecular flexibility index (Phi) is 8.46. The molecule has 0 heterocycles. The highest BCUT2D eigenvalue weighted by Gasteiger charge is 2.29. The van der Waals surface area contributed by atoms with E-state index in [-0.39, 0.29) is 24.5 Å². The molecule has 2 aromatic carbocycles. The van der Waals surface area contributed by atoms with Crippen LogP contribution in [0.4, 0.5) is 0 Å². The van der Waals surface area contributed by atoms with E-state index in [0.29, 0.717) is 18.7 Å². The summed E-state index contributed by atoms with van der Waals surface area (Å²) < 4.78 is 5.86. The van der Waals surface area contributed by atoms with Crippen LogP contribution in [0.5, 0.6) is 5.75 Å². The fourth-order valence-electron chi connectivity index (χ4n) is 3.36. The minimum Gasteiger partial charge on any atom is -0.483 e. The van der Waals surface area contributed by atoms with Crippen molar-refractivity contribution in [3.63, 3.8) is 0 Å². The molecule has 0 aliphatic rings. The number of nitrogens with zero attached hydrogens (tertiary/aromatic N) is 1. The fraction of sp³-hybridized carbons (Fsp3) is 0.440. The van der Waals surface area contributed by atoms with Crippen LogP contribution < -0.4 is 10.1 Å². The van der Waals surface area contributed by atoms with E-state index >= 15 is 0 Å². The molecule has 1 atom stereocenters. The molecule has 1 N–H and O–H groups in total. The Hall–Kier alpha value is -2.82. The molecule has 1 unspecified atom stereocenters. The molecule has 2 aromatic rings. The van der Waals surface area contributed by atoms with Crippen molar-refractivity contribution in [3.8, 4) is 5.75 Å². The minimum absolute atomic E-state index is 0.00755. The average molecular weight is 411 g/mol. The number of ether oxygens (including phenoxy) is 1. The second-order valence-electron chi connectivity index (χ2n) is 8.09. The van der Waals surface area contributed by atoms with Gasteiger partial charge in [0.25, 0.3) is 5.91 Å². The average Bonchev–Trinajstić information content (AvgIpc) is 2.69. The largest absolute Gasteiger partial charge is 0.483 e. The van der Waals surface area contributed by atoms with Gasteiger partial charge in [-0.25, -0.2) is 0 Å². The van der Waals surface area contributed by atoms with Crippen molar-refractivity contribution in [2.75, 3.05) is 6.61 Å². The molecular weight excluding hydrogens is 376 g/mol. The first kappa shape index (κ1) is 23.5. The van der Waals surface area contributed by atoms with Gasteiger partial charge in [0.05, 0.1) is 0 Å². The van der Waals surface area contributed by atoms with Crippen molar-refractivity contribution >= 4 is 11.8 Å². The van der Waals surface area contributed by atoms with Crippen molar-refractivity contribution in [2.24, 2.45) is 0 Å². The van der Waals surface area contributed by atoms with Crippen LogP contribution in [0.1, 0.15) is 49.4 Å². The molecule has 2 rings (SSSR count). The number of benzene rings is 2. The summed E-state index contributed by atoms with van der Waals surface area (Å²) in [6, 6.07) is 13.3. The van der Waals surface area contributed by atoms with Crippen molar-refractivity contribution in [2.45, 2.75) is 66.6 Å². The molecule has 0 saturated heterocycles. The standard InChI is InChI=1S/C25H34N2O3/c1-7-22(25(29)26-17(2)3)27(15-21-11-9-8-10-19(21)5)24(28)16-30-23-14-18(4)12-13-20(23)6/h8-14,17,22H,7,15-16H2,1-6H3,(H,26,29). The number of carbonyl (C=O) groups excluding carboxylic acids is 2. The van der Waals surface area contributed by atoms with Gasteiger partial charge in [0.2, 0.25) is 5.91 Å². The first-order valence-electron chi connectivity index (χ1n) is 10.6. The van der Waals surface area contributed by atoms with Crippen LogP contribution >= 0.6 is 0 Å². The Morgan fingerprint density at radius 2 is 1.73 bits per heavy atom. The van der Waals surface area contributed by atoms with E-state index in [1.807, 2.05) is 84.0 Å². The van der Waals surface area contributed by atoms with Crippen molar-refractivity contribution in [1.82, 2.24) is 10.2 Å². The number of aryl methyl sites for hydroxylation is 3. The number of amides is 2. The van der Waals surface area contributed by atoms with Gasteiger partial charge >= 0.3 is 0 Å². The van der Waals surface area contributed by atoms with E-state index in [1.54, 1.807) is 4.90 Å². The van der Waals surface area contributed by atoms with Crippen LogP contribution in [0.15, 0.2) is 42.5 Å². The smallest absolute Gasteiger partial charge is 0.261 e. The number of rotatable bonds is 9. The minimum atomic E-state index is -0.554. The van der Waals surface area contributed by atoms with Gasteiger partial charge in [-0.05, 0) is 69.4 Å². The van der Waals surface area contributed by atoms with Crippen molar-refractivity contribution in [3.05, 3.63) is 64.7 Å². The van der Waals surface area contributed by atoms with E-state index in [9.17, 15) is 9.59 Å². The molecule has 0 aromatic heterocycles. The lowest BCUT2D eigenvalue weighted by molar-refractivity contribution is -0.143. The first-order valence-corrected chi connectivity index (χ1v) is 10.6. The highest BCUT2D eigenvalue weighted by atomic mass is 16.5. The van der Waals surface area contributed by atoms with E-state index in [1.165, 1.54) is 0 Å². The van der Waals surface area contributed by atoms with Gasteiger partial charge < -0.3 is 15.0 Å². The van der Waals surface area contributed by atoms with Crippen LogP contribution in [0.2, 0.25) is 0 Å². The van der Waals surface area contributed by atoms with Gasteiger partial charge in [0, 0.05) is 12.6 Å². The Morgan fingerprint density at radius 3 is 2.37 bits per heavy atom. The Bertz CT molecular complexity index is 876. The summed E-state index contributed by atoms with van der Waals surface area (Å²) in [5.41, 5.74) is 4.16. The molecule has 0 radical (unpaired) electrons. The topological polar surface area (TPSA) is 58.6 Å². The lowest BCUT2D eigenvalue weighted by atomic mass is 10.1. The second kappa shape index (κ2) is 10.8. The monoisotopic (exact) mass is 410 g/mol. The predicted molar refractivity (Wildman–Crippen MR) is 120 cm³/mol. The van der Waals surface area contributed by atoms with Crippen molar-refractivity contribution < 1.29 is 14.3 Å². The fourth-order valence-corrected chi connectivity index (χ4v) is 3.36. The van der Waals surface area contributed by atoms with E-state index in [2.05, 4.69) is 5.32 Å². The zero-order valence-corrected chi connectivity index (χ0v) is 19.0. The quantitative estimate of drug-likeness (QED) is 0.670. The van der Waals surface area contributed by atoms with E-state index in [4.69, 9.17) is 4.74 Å². The summed E-state index contributed by atoms with van der Waals surface area (Å²) in [6.07, 6.45) is 0.527. The molecular formula is C25H34N2O3. The summed E-state index contributed by atoms with van der Waals surface area (Å²) in [6.45, 7) is 12.0. The molecule has 5 nitrogen and oxygen atoms in total. The SMILES string of the molecule is CCC(C(=O)NC(C)C)N(Cc1ccccc1C)C(=O)COc1cc(C)ccc1C. The maximum Gasteiger partial charge on any atom is 0.261 e. The lowest BCUT2D eigenvalue weighted by Crippen LogP contribution is -2.51. The van der Waals surface area contributed by atoms with Gasteiger partial charge in [-0.1, -0.05) is 43.3 Å². The zero-order valence-electron chi connectivity index (χ0n) is 19.0. The maximum atomic E-state index is 13.2. The molecule has 0 aliphatic heterocycles. The third-order valence-electron chi connectivity index (χ3n) is 5.11. The molecule has 0 aliphatic carbocycles. The van der Waals surface area contributed by atoms with Crippen LogP contribution in [-0.4, -0.2) is 35.4 Å². The molecule has 0 spiro atoms.